The number of hydrogen-bond donors (Lipinski definition) is 1. The molecule has 2 nitrogen and oxygen atoms in total. The minimum absolute atomic E-state index is 0.0361. The zero-order valence-corrected chi connectivity index (χ0v) is 12.0. The van der Waals surface area contributed by atoms with Crippen molar-refractivity contribution in [2.45, 2.75) is 37.8 Å². The summed E-state index contributed by atoms with van der Waals surface area (Å²) in [6.45, 7) is 0.840. The van der Waals surface area contributed by atoms with Crippen LogP contribution in [0, 0.1) is 0 Å². The molecule has 1 aliphatic rings. The zero-order valence-electron chi connectivity index (χ0n) is 9.66. The Morgan fingerprint density at radius 3 is 2.94 bits per heavy atom. The van der Waals surface area contributed by atoms with Crippen LogP contribution in [0.1, 0.15) is 24.8 Å². The van der Waals surface area contributed by atoms with Crippen molar-refractivity contribution in [3.05, 3.63) is 33.3 Å². The Hall–Kier alpha value is -0.0900. The van der Waals surface area contributed by atoms with Crippen LogP contribution in [0.5, 0.6) is 0 Å². The summed E-state index contributed by atoms with van der Waals surface area (Å²) in [6.07, 6.45) is 4.39. The van der Waals surface area contributed by atoms with Gasteiger partial charge in [0.1, 0.15) is 0 Å². The van der Waals surface area contributed by atoms with Gasteiger partial charge >= 0.3 is 0 Å². The molecule has 2 atom stereocenters. The van der Waals surface area contributed by atoms with Crippen molar-refractivity contribution in [2.24, 2.45) is 5.73 Å². The lowest BCUT2D eigenvalue weighted by molar-refractivity contribution is 0.000640. The van der Waals surface area contributed by atoms with Crippen molar-refractivity contribution < 1.29 is 4.74 Å². The van der Waals surface area contributed by atoms with E-state index in [1.54, 1.807) is 0 Å². The maximum absolute atomic E-state index is 6.19. The van der Waals surface area contributed by atoms with Gasteiger partial charge in [-0.1, -0.05) is 33.6 Å². The molecule has 1 aliphatic heterocycles. The maximum Gasteiger partial charge on any atom is 0.0729 e. The molecule has 4 heteroatoms. The van der Waals surface area contributed by atoms with E-state index in [1.165, 1.54) is 6.42 Å². The zero-order chi connectivity index (χ0) is 12.3. The number of nitrogens with two attached hydrogens (primary N) is 1. The van der Waals surface area contributed by atoms with Gasteiger partial charge < -0.3 is 10.5 Å². The van der Waals surface area contributed by atoms with Crippen LogP contribution in [-0.2, 0) is 11.2 Å². The van der Waals surface area contributed by atoms with Gasteiger partial charge in [-0.3, -0.25) is 0 Å². The fraction of sp³-hybridized carbons (Fsp3) is 0.538. The molecule has 0 bridgehead atoms. The second-order valence-corrected chi connectivity index (χ2v) is 5.83. The third-order valence-corrected chi connectivity index (χ3v) is 4.01. The molecule has 0 aliphatic carbocycles. The largest absolute Gasteiger partial charge is 0.377 e. The first-order valence-corrected chi connectivity index (χ1v) is 7.15. The molecule has 94 valence electrons. The second kappa shape index (κ2) is 6.19. The van der Waals surface area contributed by atoms with Gasteiger partial charge in [-0.2, -0.15) is 0 Å². The van der Waals surface area contributed by atoms with Gasteiger partial charge in [0.2, 0.25) is 0 Å². The van der Waals surface area contributed by atoms with Crippen LogP contribution < -0.4 is 5.73 Å². The second-order valence-electron chi connectivity index (χ2n) is 4.51. The van der Waals surface area contributed by atoms with Crippen molar-refractivity contribution in [2.75, 3.05) is 6.61 Å². The van der Waals surface area contributed by atoms with E-state index >= 15 is 0 Å². The predicted octanol–water partition coefficient (Wildman–Crippen LogP) is 3.54. The van der Waals surface area contributed by atoms with E-state index in [9.17, 15) is 0 Å². The summed E-state index contributed by atoms with van der Waals surface area (Å²) >= 11 is 9.58. The summed E-state index contributed by atoms with van der Waals surface area (Å²) in [5.41, 5.74) is 7.29. The third-order valence-electron chi connectivity index (χ3n) is 3.16. The van der Waals surface area contributed by atoms with E-state index < -0.39 is 0 Å². The summed E-state index contributed by atoms with van der Waals surface area (Å²) < 4.78 is 6.69. The Balaban J connectivity index is 1.99. The fourth-order valence-corrected chi connectivity index (χ4v) is 2.93. The van der Waals surface area contributed by atoms with Crippen molar-refractivity contribution in [3.63, 3.8) is 0 Å². The molecule has 2 N–H and O–H groups in total. The smallest absolute Gasteiger partial charge is 0.0729 e. The molecule has 17 heavy (non-hydrogen) atoms. The maximum atomic E-state index is 6.19. The van der Waals surface area contributed by atoms with Gasteiger partial charge in [-0.05, 0) is 43.4 Å². The molecule has 1 fully saturated rings. The molecule has 2 unspecified atom stereocenters. The molecule has 2 rings (SSSR count). The summed E-state index contributed by atoms with van der Waals surface area (Å²) in [7, 11) is 0. The van der Waals surface area contributed by atoms with Crippen LogP contribution in [0.15, 0.2) is 22.7 Å². The monoisotopic (exact) mass is 317 g/mol. The highest BCUT2D eigenvalue weighted by atomic mass is 79.9. The highest BCUT2D eigenvalue weighted by molar-refractivity contribution is 9.10. The molecule has 0 saturated carbocycles. The highest BCUT2D eigenvalue weighted by Crippen LogP contribution is 2.24. The summed E-state index contributed by atoms with van der Waals surface area (Å²) in [5.74, 6) is 0. The normalized spacial score (nSPS) is 22.4. The summed E-state index contributed by atoms with van der Waals surface area (Å²) in [5, 5.41) is 0.769. The predicted molar refractivity (Wildman–Crippen MR) is 74.4 cm³/mol. The highest BCUT2D eigenvalue weighted by Gasteiger charge is 2.22. The first kappa shape index (κ1) is 13.3. The van der Waals surface area contributed by atoms with Crippen molar-refractivity contribution >= 4 is 27.5 Å². The van der Waals surface area contributed by atoms with Gasteiger partial charge in [0, 0.05) is 22.1 Å². The molecule has 1 heterocycles. The van der Waals surface area contributed by atoms with E-state index in [0.717, 1.165) is 40.9 Å². The lowest BCUT2D eigenvalue weighted by Crippen LogP contribution is -2.40. The van der Waals surface area contributed by atoms with Gasteiger partial charge in [0.15, 0.2) is 0 Å². The van der Waals surface area contributed by atoms with Crippen LogP contribution >= 0.6 is 27.5 Å². The third kappa shape index (κ3) is 3.68. The average Bonchev–Trinajstić information content (AvgIpc) is 2.34. The minimum atomic E-state index is 0.0361. The Morgan fingerprint density at radius 1 is 1.47 bits per heavy atom. The van der Waals surface area contributed by atoms with Crippen molar-refractivity contribution in [3.8, 4) is 0 Å². The topological polar surface area (TPSA) is 35.2 Å². The molecular formula is C13H17BrClNO. The molecule has 0 radical (unpaired) electrons. The molecule has 1 aromatic rings. The number of rotatable bonds is 3. The molecule has 1 aromatic carbocycles. The van der Waals surface area contributed by atoms with Crippen molar-refractivity contribution in [1.82, 2.24) is 0 Å². The number of benzene rings is 1. The lowest BCUT2D eigenvalue weighted by atomic mass is 9.97. The molecule has 0 amide bonds. The Morgan fingerprint density at radius 2 is 2.29 bits per heavy atom. The van der Waals surface area contributed by atoms with Crippen molar-refractivity contribution in [1.29, 1.82) is 0 Å². The van der Waals surface area contributed by atoms with E-state index in [-0.39, 0.29) is 12.1 Å². The van der Waals surface area contributed by atoms with E-state index in [4.69, 9.17) is 22.1 Å². The Kier molecular flexibility index (Phi) is 4.86. The van der Waals surface area contributed by atoms with Crippen LogP contribution in [0.3, 0.4) is 0 Å². The number of halogens is 2. The van der Waals surface area contributed by atoms with Crippen LogP contribution in [0.2, 0.25) is 5.02 Å². The van der Waals surface area contributed by atoms with Crippen LogP contribution in [-0.4, -0.2) is 18.8 Å². The van der Waals surface area contributed by atoms with Gasteiger partial charge in [0.25, 0.3) is 0 Å². The summed E-state index contributed by atoms with van der Waals surface area (Å²) in [4.78, 5) is 0. The van der Waals surface area contributed by atoms with E-state index in [1.807, 2.05) is 18.2 Å². The van der Waals surface area contributed by atoms with E-state index in [0.29, 0.717) is 0 Å². The van der Waals surface area contributed by atoms with Gasteiger partial charge in [-0.25, -0.2) is 0 Å². The lowest BCUT2D eigenvalue weighted by Gasteiger charge is -2.28. The number of ether oxygens (including phenoxy) is 1. The standard InChI is InChI=1S/C13H17BrClNO/c14-10-5-4-9(11(15)8-10)7-12(16)13-3-1-2-6-17-13/h4-5,8,12-13H,1-3,6-7,16H2. The molecule has 1 saturated heterocycles. The Bertz CT molecular complexity index is 380. The molecular weight excluding hydrogens is 302 g/mol. The molecule has 0 aromatic heterocycles. The SMILES string of the molecule is NC(Cc1ccc(Br)cc1Cl)C1CCCCO1. The fourth-order valence-electron chi connectivity index (χ4n) is 2.18. The number of hydrogen-bond acceptors (Lipinski definition) is 2. The quantitative estimate of drug-likeness (QED) is 0.925. The minimum Gasteiger partial charge on any atom is -0.377 e. The Labute approximate surface area is 116 Å². The first-order valence-electron chi connectivity index (χ1n) is 5.98. The van der Waals surface area contributed by atoms with E-state index in [2.05, 4.69) is 15.9 Å². The van der Waals surface area contributed by atoms with Crippen LogP contribution in [0.25, 0.3) is 0 Å². The first-order chi connectivity index (χ1) is 8.16. The summed E-state index contributed by atoms with van der Waals surface area (Å²) in [6, 6.07) is 5.96. The van der Waals surface area contributed by atoms with Gasteiger partial charge in [0.05, 0.1) is 6.10 Å². The van der Waals surface area contributed by atoms with Crippen LogP contribution in [0.4, 0.5) is 0 Å². The molecule has 0 spiro atoms. The van der Waals surface area contributed by atoms with Gasteiger partial charge in [-0.15, -0.1) is 0 Å². The average molecular weight is 319 g/mol.